The van der Waals surface area contributed by atoms with E-state index >= 15 is 0 Å². The van der Waals surface area contributed by atoms with Crippen molar-refractivity contribution in [3.8, 4) is 0 Å². The van der Waals surface area contributed by atoms with Crippen molar-refractivity contribution in [2.45, 2.75) is 12.8 Å². The molecule has 4 heterocycles. The van der Waals surface area contributed by atoms with Crippen LogP contribution in [0.1, 0.15) is 29.1 Å². The number of nitrogens with two attached hydrogens (primary N) is 1. The van der Waals surface area contributed by atoms with Gasteiger partial charge in [0.25, 0.3) is 0 Å². The number of carbonyl (C=O) groups excluding carboxylic acids is 1. The Balaban J connectivity index is 0.000000190. The number of amides is 1. The highest BCUT2D eigenvalue weighted by Gasteiger charge is 2.14. The molecule has 1 aliphatic heterocycles. The van der Waals surface area contributed by atoms with Crippen molar-refractivity contribution in [2.24, 2.45) is 5.73 Å². The molecule has 1 aliphatic carbocycles. The number of thiazole rings is 1. The number of rotatable bonds is 3. The first-order valence-corrected chi connectivity index (χ1v) is 10.9. The van der Waals surface area contributed by atoms with E-state index in [0.717, 1.165) is 54.0 Å². The number of hydrogen-bond donors (Lipinski definition) is 3. The van der Waals surface area contributed by atoms with Crippen LogP contribution in [0.2, 0.25) is 0 Å². The summed E-state index contributed by atoms with van der Waals surface area (Å²) in [5, 5.41) is 4.04. The molecule has 31 heavy (non-hydrogen) atoms. The van der Waals surface area contributed by atoms with Crippen LogP contribution in [-0.2, 0) is 4.79 Å². The maximum Gasteiger partial charge on any atom is 0.209 e. The first kappa shape index (κ1) is 22.4. The highest BCUT2D eigenvalue weighted by Crippen LogP contribution is 2.27. The SMILES string of the molecule is C1=Cc2ncsc2C=CC1.CN.CNc1ncnc2[nH]c(C3=CCN(C=O)CC3)cc12. The largest absolute Gasteiger partial charge is 0.372 e. The summed E-state index contributed by atoms with van der Waals surface area (Å²) >= 11 is 1.69. The van der Waals surface area contributed by atoms with Gasteiger partial charge in [0.05, 0.1) is 21.5 Å². The number of aromatic amines is 1. The molecular weight excluding hydrogens is 410 g/mol. The molecule has 8 nitrogen and oxygen atoms in total. The number of nitrogens with one attached hydrogen (secondary N) is 2. The van der Waals surface area contributed by atoms with Gasteiger partial charge in [0.15, 0.2) is 0 Å². The number of H-pyrrole nitrogens is 1. The lowest BCUT2D eigenvalue weighted by Crippen LogP contribution is -2.26. The topological polar surface area (TPSA) is 113 Å². The van der Waals surface area contributed by atoms with E-state index in [9.17, 15) is 4.79 Å². The Morgan fingerprint density at radius 2 is 2.06 bits per heavy atom. The van der Waals surface area contributed by atoms with Crippen LogP contribution in [0, 0.1) is 0 Å². The quantitative estimate of drug-likeness (QED) is 0.542. The van der Waals surface area contributed by atoms with Gasteiger partial charge in [-0.2, -0.15) is 0 Å². The minimum absolute atomic E-state index is 0.665. The number of aromatic nitrogens is 4. The van der Waals surface area contributed by atoms with Gasteiger partial charge in [-0.3, -0.25) is 4.79 Å². The van der Waals surface area contributed by atoms with Gasteiger partial charge in [-0.15, -0.1) is 11.3 Å². The molecule has 3 aromatic rings. The minimum atomic E-state index is 0.665. The number of carbonyl (C=O) groups is 1. The first-order valence-electron chi connectivity index (χ1n) is 10.0. The van der Waals surface area contributed by atoms with Gasteiger partial charge in [0, 0.05) is 25.8 Å². The molecule has 0 bridgehead atoms. The summed E-state index contributed by atoms with van der Waals surface area (Å²) in [7, 11) is 3.34. The van der Waals surface area contributed by atoms with Crippen molar-refractivity contribution < 1.29 is 4.79 Å². The predicted octanol–water partition coefficient (Wildman–Crippen LogP) is 3.39. The molecule has 0 saturated heterocycles. The lowest BCUT2D eigenvalue weighted by Gasteiger charge is -2.21. The minimum Gasteiger partial charge on any atom is -0.372 e. The summed E-state index contributed by atoms with van der Waals surface area (Å²) in [6.45, 7) is 1.42. The molecule has 2 aliphatic rings. The van der Waals surface area contributed by atoms with Crippen LogP contribution >= 0.6 is 11.3 Å². The average molecular weight is 438 g/mol. The van der Waals surface area contributed by atoms with Crippen LogP contribution in [0.15, 0.2) is 36.1 Å². The highest BCUT2D eigenvalue weighted by molar-refractivity contribution is 7.10. The van der Waals surface area contributed by atoms with E-state index in [-0.39, 0.29) is 0 Å². The van der Waals surface area contributed by atoms with E-state index in [1.165, 1.54) is 23.8 Å². The molecule has 5 rings (SSSR count). The predicted molar refractivity (Wildman–Crippen MR) is 129 cm³/mol. The monoisotopic (exact) mass is 437 g/mol. The Hall–Kier alpha value is -3.30. The third-order valence-corrected chi connectivity index (χ3v) is 5.65. The maximum absolute atomic E-state index is 10.7. The molecule has 0 unspecified atom stereocenters. The van der Waals surface area contributed by atoms with E-state index < -0.39 is 0 Å². The Morgan fingerprint density at radius 3 is 2.81 bits per heavy atom. The Bertz CT molecular complexity index is 1070. The zero-order valence-electron chi connectivity index (χ0n) is 17.7. The molecule has 0 fully saturated rings. The first-order chi connectivity index (χ1) is 15.3. The van der Waals surface area contributed by atoms with E-state index in [0.29, 0.717) is 6.54 Å². The second-order valence-electron chi connectivity index (χ2n) is 6.64. The molecule has 1 amide bonds. The molecule has 0 atom stereocenters. The van der Waals surface area contributed by atoms with Crippen LogP contribution in [0.4, 0.5) is 5.82 Å². The molecule has 162 valence electrons. The number of anilines is 1. The molecule has 0 aromatic carbocycles. The summed E-state index contributed by atoms with van der Waals surface area (Å²) in [6.07, 6.45) is 14.9. The van der Waals surface area contributed by atoms with Gasteiger partial charge in [-0.1, -0.05) is 18.2 Å². The summed E-state index contributed by atoms with van der Waals surface area (Å²) in [6, 6.07) is 2.06. The highest BCUT2D eigenvalue weighted by atomic mass is 32.1. The summed E-state index contributed by atoms with van der Waals surface area (Å²) in [5.74, 6) is 0.818. The van der Waals surface area contributed by atoms with Crippen LogP contribution in [0.3, 0.4) is 0 Å². The van der Waals surface area contributed by atoms with Crippen molar-refractivity contribution in [3.63, 3.8) is 0 Å². The van der Waals surface area contributed by atoms with Gasteiger partial charge in [0.2, 0.25) is 6.41 Å². The van der Waals surface area contributed by atoms with Gasteiger partial charge in [0.1, 0.15) is 17.8 Å². The van der Waals surface area contributed by atoms with E-state index in [1.54, 1.807) is 16.2 Å². The molecule has 9 heteroatoms. The van der Waals surface area contributed by atoms with Crippen molar-refractivity contribution in [1.82, 2.24) is 24.8 Å². The number of nitrogens with zero attached hydrogens (tertiary/aromatic N) is 4. The van der Waals surface area contributed by atoms with Crippen molar-refractivity contribution in [3.05, 3.63) is 52.4 Å². The lowest BCUT2D eigenvalue weighted by molar-refractivity contribution is -0.117. The van der Waals surface area contributed by atoms with Gasteiger partial charge < -0.3 is 20.9 Å². The van der Waals surface area contributed by atoms with Crippen LogP contribution < -0.4 is 11.1 Å². The number of hydrogen-bond acceptors (Lipinski definition) is 7. The van der Waals surface area contributed by atoms with Crippen molar-refractivity contribution in [1.29, 1.82) is 0 Å². The molecule has 0 saturated carbocycles. The summed E-state index contributed by atoms with van der Waals surface area (Å²) in [4.78, 5) is 29.6. The Morgan fingerprint density at radius 1 is 1.23 bits per heavy atom. The maximum atomic E-state index is 10.7. The normalized spacial score (nSPS) is 14.4. The zero-order chi connectivity index (χ0) is 22.1. The fourth-order valence-electron chi connectivity index (χ4n) is 3.28. The van der Waals surface area contributed by atoms with E-state index in [2.05, 4.69) is 67.4 Å². The summed E-state index contributed by atoms with van der Waals surface area (Å²) in [5.41, 5.74) is 10.6. The average Bonchev–Trinajstić information content (AvgIpc) is 3.42. The molecule has 0 radical (unpaired) electrons. The van der Waals surface area contributed by atoms with Crippen LogP contribution in [-0.4, -0.2) is 58.4 Å². The summed E-state index contributed by atoms with van der Waals surface area (Å²) < 4.78 is 0. The van der Waals surface area contributed by atoms with Crippen LogP contribution in [0.5, 0.6) is 0 Å². The van der Waals surface area contributed by atoms with Crippen LogP contribution in [0.25, 0.3) is 28.8 Å². The van der Waals surface area contributed by atoms with Gasteiger partial charge in [-0.05, 0) is 43.7 Å². The fraction of sp³-hybridized carbons (Fsp3) is 0.273. The number of fused-ring (bicyclic) bond motifs is 2. The molecule has 0 spiro atoms. The van der Waals surface area contributed by atoms with E-state index in [1.807, 2.05) is 12.6 Å². The molecule has 4 N–H and O–H groups in total. The smallest absolute Gasteiger partial charge is 0.209 e. The second kappa shape index (κ2) is 11.2. The Labute approximate surface area is 185 Å². The molecular formula is C22H27N7OS. The van der Waals surface area contributed by atoms with E-state index in [4.69, 9.17) is 0 Å². The zero-order valence-corrected chi connectivity index (χ0v) is 18.5. The standard InChI is InChI=1S/C13H15N5O.C8H7NS.CH5N/c1-14-12-10-6-11(17-13(10)16-7-15-12)9-2-4-18(8-19)5-3-9;1-2-4-7-8(5-3-1)10-6-9-7;1-2/h2,6-8H,3-5H2,1H3,(H2,14,15,16,17);2-6H,1H2;2H2,1H3. The third-order valence-electron chi connectivity index (χ3n) is 4.84. The van der Waals surface area contributed by atoms with Gasteiger partial charge in [-0.25, -0.2) is 15.0 Å². The van der Waals surface area contributed by atoms with Crippen molar-refractivity contribution in [2.75, 3.05) is 32.5 Å². The van der Waals surface area contributed by atoms with Gasteiger partial charge >= 0.3 is 0 Å². The Kier molecular flexibility index (Phi) is 8.08. The fourth-order valence-corrected chi connectivity index (χ4v) is 3.98. The third kappa shape index (κ3) is 5.44. The second-order valence-corrected chi connectivity index (χ2v) is 7.53. The number of allylic oxidation sites excluding steroid dienone is 2. The lowest BCUT2D eigenvalue weighted by atomic mass is 10.1. The molecule has 3 aromatic heterocycles. The van der Waals surface area contributed by atoms with Crippen molar-refractivity contribution >= 4 is 52.3 Å².